The molecule has 0 radical (unpaired) electrons. The van der Waals surface area contributed by atoms with Gasteiger partial charge in [0.25, 0.3) is 5.24 Å². The van der Waals surface area contributed by atoms with Crippen LogP contribution in [0.4, 0.5) is 0 Å². The average molecular weight is 275 g/mol. The molecule has 0 bridgehead atoms. The van der Waals surface area contributed by atoms with Gasteiger partial charge in [0.05, 0.1) is 0 Å². The fourth-order valence-electron chi connectivity index (χ4n) is 1.69. The topological polar surface area (TPSA) is 17.1 Å². The molecule has 0 N–H and O–H groups in total. The number of hydrogen-bond acceptors (Lipinski definition) is 2. The Morgan fingerprint density at radius 1 is 0.889 bits per heavy atom. The third-order valence-electron chi connectivity index (χ3n) is 2.74. The van der Waals surface area contributed by atoms with Crippen LogP contribution >= 0.6 is 23.8 Å². The van der Waals surface area contributed by atoms with Gasteiger partial charge in [-0.15, -0.1) is 0 Å². The lowest BCUT2D eigenvalue weighted by Gasteiger charge is -2.04. The molecule has 3 heteroatoms. The predicted octanol–water partition coefficient (Wildman–Crippen LogP) is 4.47. The van der Waals surface area contributed by atoms with Gasteiger partial charge in [0, 0.05) is 10.4 Å². The largest absolute Gasteiger partial charge is 0.276 e. The van der Waals surface area contributed by atoms with E-state index >= 15 is 0 Å². The lowest BCUT2D eigenvalue weighted by atomic mass is 10.0. The highest BCUT2D eigenvalue weighted by Gasteiger charge is 2.03. The van der Waals surface area contributed by atoms with Gasteiger partial charge in [0.15, 0.2) is 0 Å². The van der Waals surface area contributed by atoms with Gasteiger partial charge in [-0.25, -0.2) is 0 Å². The Bertz CT molecular complexity index is 529. The molecule has 1 nitrogen and oxygen atoms in total. The second kappa shape index (κ2) is 5.42. The standard InChI is InChI=1S/C15H11ClOS/c1-10(18)11-2-4-12(5-3-11)13-6-8-14(9-7-13)15(16)17/h2-9H,1H3. The molecular weight excluding hydrogens is 264 g/mol. The Morgan fingerprint density at radius 3 is 1.61 bits per heavy atom. The van der Waals surface area contributed by atoms with E-state index in [0.717, 1.165) is 21.6 Å². The van der Waals surface area contributed by atoms with E-state index in [2.05, 4.69) is 0 Å². The summed E-state index contributed by atoms with van der Waals surface area (Å²) in [6.07, 6.45) is 0. The normalized spacial score (nSPS) is 10.1. The summed E-state index contributed by atoms with van der Waals surface area (Å²) >= 11 is 10.5. The van der Waals surface area contributed by atoms with E-state index < -0.39 is 5.24 Å². The van der Waals surface area contributed by atoms with Crippen molar-refractivity contribution in [1.29, 1.82) is 0 Å². The molecule has 2 aromatic carbocycles. The van der Waals surface area contributed by atoms with Crippen LogP contribution in [-0.2, 0) is 0 Å². The highest BCUT2D eigenvalue weighted by Crippen LogP contribution is 2.21. The van der Waals surface area contributed by atoms with Crippen LogP contribution in [0.2, 0.25) is 0 Å². The van der Waals surface area contributed by atoms with Crippen LogP contribution in [0.1, 0.15) is 22.8 Å². The number of benzene rings is 2. The van der Waals surface area contributed by atoms with Gasteiger partial charge in [-0.2, -0.15) is 0 Å². The van der Waals surface area contributed by atoms with Gasteiger partial charge in [-0.05, 0) is 47.3 Å². The molecule has 0 aliphatic heterocycles. The fourth-order valence-corrected chi connectivity index (χ4v) is 1.95. The molecule has 0 fully saturated rings. The summed E-state index contributed by atoms with van der Waals surface area (Å²) in [5, 5.41) is -0.437. The molecule has 0 saturated carbocycles. The summed E-state index contributed by atoms with van der Waals surface area (Å²) in [6.45, 7) is 1.91. The lowest BCUT2D eigenvalue weighted by molar-refractivity contribution is 0.108. The molecule has 0 saturated heterocycles. The Balaban J connectivity index is 2.31. The van der Waals surface area contributed by atoms with Crippen molar-refractivity contribution >= 4 is 33.9 Å². The Kier molecular flexibility index (Phi) is 3.90. The molecule has 0 spiro atoms. The van der Waals surface area contributed by atoms with Crippen molar-refractivity contribution < 1.29 is 4.79 Å². The van der Waals surface area contributed by atoms with E-state index in [1.165, 1.54) is 0 Å². The Labute approximate surface area is 116 Å². The van der Waals surface area contributed by atoms with E-state index in [1.54, 1.807) is 12.1 Å². The zero-order valence-electron chi connectivity index (χ0n) is 9.81. The van der Waals surface area contributed by atoms with Gasteiger partial charge in [0.1, 0.15) is 0 Å². The van der Waals surface area contributed by atoms with E-state index in [0.29, 0.717) is 5.56 Å². The molecule has 0 heterocycles. The highest BCUT2D eigenvalue weighted by molar-refractivity contribution is 7.80. The maximum absolute atomic E-state index is 11.0. The van der Waals surface area contributed by atoms with Crippen LogP contribution in [0, 0.1) is 0 Å². The number of carbonyl (C=O) groups is 1. The van der Waals surface area contributed by atoms with Crippen molar-refractivity contribution in [2.45, 2.75) is 6.92 Å². The SMILES string of the molecule is CC(=S)c1ccc(-c2ccc(C(=O)Cl)cc2)cc1. The zero-order chi connectivity index (χ0) is 13.1. The number of halogens is 1. The molecule has 0 aliphatic carbocycles. The molecule has 0 aromatic heterocycles. The van der Waals surface area contributed by atoms with Crippen molar-refractivity contribution in [1.82, 2.24) is 0 Å². The average Bonchev–Trinajstić information content (AvgIpc) is 2.39. The summed E-state index contributed by atoms with van der Waals surface area (Å²) in [7, 11) is 0. The van der Waals surface area contributed by atoms with Gasteiger partial charge >= 0.3 is 0 Å². The third-order valence-corrected chi connectivity index (χ3v) is 3.19. The molecule has 0 amide bonds. The minimum Gasteiger partial charge on any atom is -0.276 e. The minimum absolute atomic E-state index is 0.437. The van der Waals surface area contributed by atoms with E-state index in [-0.39, 0.29) is 0 Å². The van der Waals surface area contributed by atoms with E-state index in [4.69, 9.17) is 23.8 Å². The van der Waals surface area contributed by atoms with Crippen molar-refractivity contribution in [3.63, 3.8) is 0 Å². The van der Waals surface area contributed by atoms with Crippen LogP contribution < -0.4 is 0 Å². The molecular formula is C15H11ClOS. The van der Waals surface area contributed by atoms with Crippen molar-refractivity contribution in [2.24, 2.45) is 0 Å². The first-order valence-electron chi connectivity index (χ1n) is 5.49. The van der Waals surface area contributed by atoms with Crippen LogP contribution in [0.3, 0.4) is 0 Å². The van der Waals surface area contributed by atoms with Crippen LogP contribution in [0.5, 0.6) is 0 Å². The van der Waals surface area contributed by atoms with Crippen molar-refractivity contribution in [3.8, 4) is 11.1 Å². The minimum atomic E-state index is -0.437. The smallest absolute Gasteiger partial charge is 0.252 e. The van der Waals surface area contributed by atoms with Gasteiger partial charge in [0.2, 0.25) is 0 Å². The van der Waals surface area contributed by atoms with Gasteiger partial charge in [-0.3, -0.25) is 4.79 Å². The number of carbonyl (C=O) groups excluding carboxylic acids is 1. The predicted molar refractivity (Wildman–Crippen MR) is 79.4 cm³/mol. The number of hydrogen-bond donors (Lipinski definition) is 0. The molecule has 0 aliphatic rings. The summed E-state index contributed by atoms with van der Waals surface area (Å²) in [5.41, 5.74) is 3.70. The second-order valence-electron chi connectivity index (χ2n) is 3.98. The van der Waals surface area contributed by atoms with E-state index in [1.807, 2.05) is 43.3 Å². The summed E-state index contributed by atoms with van der Waals surface area (Å²) in [5.74, 6) is 0. The Morgan fingerprint density at radius 2 is 1.28 bits per heavy atom. The van der Waals surface area contributed by atoms with Gasteiger partial charge < -0.3 is 0 Å². The first kappa shape index (κ1) is 12.9. The maximum atomic E-state index is 11.0. The molecule has 2 rings (SSSR count). The van der Waals surface area contributed by atoms with Crippen LogP contribution in [0.25, 0.3) is 11.1 Å². The maximum Gasteiger partial charge on any atom is 0.252 e. The van der Waals surface area contributed by atoms with Crippen LogP contribution in [0.15, 0.2) is 48.5 Å². The van der Waals surface area contributed by atoms with Gasteiger partial charge in [-0.1, -0.05) is 48.6 Å². The molecule has 18 heavy (non-hydrogen) atoms. The number of thiocarbonyl (C=S) groups is 1. The number of rotatable bonds is 3. The zero-order valence-corrected chi connectivity index (χ0v) is 11.4. The summed E-state index contributed by atoms with van der Waals surface area (Å²) in [4.78, 5) is 11.8. The molecule has 0 atom stereocenters. The van der Waals surface area contributed by atoms with Crippen molar-refractivity contribution in [2.75, 3.05) is 0 Å². The Hall–Kier alpha value is -1.51. The van der Waals surface area contributed by atoms with E-state index in [9.17, 15) is 4.79 Å². The molecule has 90 valence electrons. The summed E-state index contributed by atoms with van der Waals surface area (Å²) < 4.78 is 0. The van der Waals surface area contributed by atoms with Crippen molar-refractivity contribution in [3.05, 3.63) is 59.7 Å². The first-order chi connectivity index (χ1) is 8.58. The monoisotopic (exact) mass is 274 g/mol. The highest BCUT2D eigenvalue weighted by atomic mass is 35.5. The van der Waals surface area contributed by atoms with Crippen LogP contribution in [-0.4, -0.2) is 10.1 Å². The quantitative estimate of drug-likeness (QED) is 0.467. The fraction of sp³-hybridized carbons (Fsp3) is 0.0667. The summed E-state index contributed by atoms with van der Waals surface area (Å²) in [6, 6.07) is 15.2. The molecule has 2 aromatic rings. The molecule has 0 unspecified atom stereocenters. The lowest BCUT2D eigenvalue weighted by Crippen LogP contribution is -1.90. The second-order valence-corrected chi connectivity index (χ2v) is 4.94. The third kappa shape index (κ3) is 2.84. The first-order valence-corrected chi connectivity index (χ1v) is 6.28.